The van der Waals surface area contributed by atoms with Gasteiger partial charge in [-0.05, 0) is 80.5 Å². The number of hydrogen-bond acceptors (Lipinski definition) is 5. The molecule has 4 saturated carbocycles. The third kappa shape index (κ3) is 3.39. The molecule has 0 spiro atoms. The Hall–Kier alpha value is -2.08. The van der Waals surface area contributed by atoms with Crippen LogP contribution in [0.2, 0.25) is 0 Å². The molecule has 1 heterocycles. The Morgan fingerprint density at radius 3 is 2.32 bits per heavy atom. The first-order chi connectivity index (χ1) is 13.6. The van der Waals surface area contributed by atoms with E-state index in [0.717, 1.165) is 23.5 Å². The summed E-state index contributed by atoms with van der Waals surface area (Å²) in [5.74, 6) is 3.90. The summed E-state index contributed by atoms with van der Waals surface area (Å²) < 4.78 is 10.7. The van der Waals surface area contributed by atoms with Gasteiger partial charge in [0.2, 0.25) is 0 Å². The molecule has 6 rings (SSSR count). The number of benzene rings is 1. The van der Waals surface area contributed by atoms with Crippen LogP contribution in [0.1, 0.15) is 44.2 Å². The third-order valence-corrected chi connectivity index (χ3v) is 7.52. The van der Waals surface area contributed by atoms with Crippen LogP contribution in [0.4, 0.5) is 5.13 Å². The van der Waals surface area contributed by atoms with E-state index in [9.17, 15) is 4.79 Å². The zero-order valence-electron chi connectivity index (χ0n) is 16.1. The number of rotatable bonds is 6. The Kier molecular flexibility index (Phi) is 4.54. The Morgan fingerprint density at radius 2 is 1.71 bits per heavy atom. The Morgan fingerprint density at radius 1 is 1.11 bits per heavy atom. The molecule has 4 fully saturated rings. The van der Waals surface area contributed by atoms with E-state index in [4.69, 9.17) is 14.5 Å². The van der Waals surface area contributed by atoms with Crippen molar-refractivity contribution in [2.75, 3.05) is 19.0 Å². The van der Waals surface area contributed by atoms with E-state index in [2.05, 4.69) is 10.7 Å². The fourth-order valence-corrected chi connectivity index (χ4v) is 6.83. The van der Waals surface area contributed by atoms with E-state index in [1.807, 2.05) is 12.1 Å². The summed E-state index contributed by atoms with van der Waals surface area (Å²) in [4.78, 5) is 17.1. The van der Waals surface area contributed by atoms with Gasteiger partial charge in [-0.3, -0.25) is 10.1 Å². The number of nitrogens with one attached hydrogen (secondary N) is 1. The quantitative estimate of drug-likeness (QED) is 0.770. The monoisotopic (exact) mass is 398 g/mol. The fourth-order valence-electron chi connectivity index (χ4n) is 5.98. The zero-order valence-corrected chi connectivity index (χ0v) is 17.0. The van der Waals surface area contributed by atoms with Crippen molar-refractivity contribution in [1.29, 1.82) is 0 Å². The van der Waals surface area contributed by atoms with Gasteiger partial charge < -0.3 is 9.47 Å². The molecule has 5 nitrogen and oxygen atoms in total. The predicted molar refractivity (Wildman–Crippen MR) is 109 cm³/mol. The topological polar surface area (TPSA) is 60.5 Å². The van der Waals surface area contributed by atoms with Crippen LogP contribution in [0.3, 0.4) is 0 Å². The van der Waals surface area contributed by atoms with Crippen LogP contribution >= 0.6 is 11.3 Å². The first-order valence-corrected chi connectivity index (χ1v) is 11.0. The second-order valence-electron chi connectivity index (χ2n) is 8.75. The molecule has 4 aliphatic carbocycles. The van der Waals surface area contributed by atoms with Crippen LogP contribution < -0.4 is 14.8 Å². The Bertz CT molecular complexity index is 826. The largest absolute Gasteiger partial charge is 0.497 e. The van der Waals surface area contributed by atoms with Gasteiger partial charge in [0, 0.05) is 10.8 Å². The highest BCUT2D eigenvalue weighted by atomic mass is 32.1. The minimum absolute atomic E-state index is 0.0292. The van der Waals surface area contributed by atoms with Crippen molar-refractivity contribution < 1.29 is 14.3 Å². The van der Waals surface area contributed by atoms with Crippen molar-refractivity contribution in [3.63, 3.8) is 0 Å². The lowest BCUT2D eigenvalue weighted by Gasteiger charge is -2.56. The van der Waals surface area contributed by atoms with Crippen LogP contribution in [0.15, 0.2) is 29.6 Å². The smallest absolute Gasteiger partial charge is 0.264 e. The summed E-state index contributed by atoms with van der Waals surface area (Å²) in [5, 5.41) is 5.77. The molecular weight excluding hydrogens is 372 g/mol. The Balaban J connectivity index is 1.20. The molecule has 0 saturated heterocycles. The number of amides is 1. The summed E-state index contributed by atoms with van der Waals surface area (Å²) in [5.41, 5.74) is 1.48. The third-order valence-electron chi connectivity index (χ3n) is 6.76. The molecule has 1 aromatic carbocycles. The second-order valence-corrected chi connectivity index (χ2v) is 9.61. The van der Waals surface area contributed by atoms with E-state index >= 15 is 0 Å². The molecule has 28 heavy (non-hydrogen) atoms. The summed E-state index contributed by atoms with van der Waals surface area (Å²) >= 11 is 1.54. The van der Waals surface area contributed by atoms with Crippen LogP contribution in [-0.4, -0.2) is 24.6 Å². The van der Waals surface area contributed by atoms with E-state index in [1.165, 1.54) is 55.6 Å². The number of ether oxygens (including phenoxy) is 2. The second kappa shape index (κ2) is 7.07. The molecule has 1 aromatic heterocycles. The number of carbonyl (C=O) groups is 1. The van der Waals surface area contributed by atoms with Gasteiger partial charge in [-0.25, -0.2) is 4.98 Å². The highest BCUT2D eigenvalue weighted by Crippen LogP contribution is 2.60. The maximum atomic E-state index is 12.3. The molecule has 0 atom stereocenters. The number of anilines is 1. The molecule has 4 bridgehead atoms. The summed E-state index contributed by atoms with van der Waals surface area (Å²) in [6.07, 6.45) is 8.14. The lowest BCUT2D eigenvalue weighted by molar-refractivity contribution is -0.118. The molecule has 1 amide bonds. The zero-order chi connectivity index (χ0) is 19.1. The lowest BCUT2D eigenvalue weighted by Crippen LogP contribution is -2.48. The normalized spacial score (nSPS) is 30.2. The van der Waals surface area contributed by atoms with Gasteiger partial charge in [0.05, 0.1) is 12.8 Å². The van der Waals surface area contributed by atoms with Crippen molar-refractivity contribution in [2.45, 2.75) is 43.9 Å². The van der Waals surface area contributed by atoms with E-state index in [1.54, 1.807) is 19.2 Å². The number of hydrogen-bond donors (Lipinski definition) is 1. The van der Waals surface area contributed by atoms with Crippen LogP contribution in [-0.2, 0) is 10.2 Å². The first-order valence-electron chi connectivity index (χ1n) is 10.1. The van der Waals surface area contributed by atoms with Crippen LogP contribution in [0.5, 0.6) is 11.5 Å². The SMILES string of the molecule is COc1ccc(OCC(=O)Nc2nc(C34CC5CC(CC(C5)C3)C4)cs2)cc1. The Labute approximate surface area is 169 Å². The molecule has 2 aromatic rings. The van der Waals surface area contributed by atoms with E-state index in [0.29, 0.717) is 10.9 Å². The van der Waals surface area contributed by atoms with Gasteiger partial charge >= 0.3 is 0 Å². The predicted octanol–water partition coefficient (Wildman–Crippen LogP) is 4.64. The number of carbonyl (C=O) groups excluding carboxylic acids is 1. The molecular formula is C22H26N2O3S. The number of thiazole rings is 1. The van der Waals surface area contributed by atoms with Crippen molar-refractivity contribution in [2.24, 2.45) is 17.8 Å². The minimum Gasteiger partial charge on any atom is -0.497 e. The molecule has 0 aliphatic heterocycles. The van der Waals surface area contributed by atoms with E-state index in [-0.39, 0.29) is 17.9 Å². The lowest BCUT2D eigenvalue weighted by atomic mass is 9.49. The van der Waals surface area contributed by atoms with Gasteiger partial charge in [0.25, 0.3) is 5.91 Å². The first kappa shape index (κ1) is 18.0. The summed E-state index contributed by atoms with van der Waals surface area (Å²) in [6.45, 7) is -0.0292. The van der Waals surface area contributed by atoms with Crippen LogP contribution in [0, 0.1) is 17.8 Å². The standard InChI is InChI=1S/C22H26N2O3S/c1-26-17-2-4-18(5-3-17)27-12-20(25)24-21-23-19(13-28-21)22-9-14-6-15(10-22)8-16(7-14)11-22/h2-5,13-16H,6-12H2,1H3,(H,23,24,25). The molecule has 6 heteroatoms. The van der Waals surface area contributed by atoms with Gasteiger partial charge in [-0.15, -0.1) is 11.3 Å². The molecule has 0 radical (unpaired) electrons. The molecule has 4 aliphatic rings. The minimum atomic E-state index is -0.178. The summed E-state index contributed by atoms with van der Waals surface area (Å²) in [7, 11) is 1.62. The summed E-state index contributed by atoms with van der Waals surface area (Å²) in [6, 6.07) is 7.21. The van der Waals surface area contributed by atoms with Gasteiger partial charge in [0.1, 0.15) is 11.5 Å². The molecule has 1 N–H and O–H groups in total. The van der Waals surface area contributed by atoms with Gasteiger partial charge in [-0.2, -0.15) is 0 Å². The maximum absolute atomic E-state index is 12.3. The highest BCUT2D eigenvalue weighted by Gasteiger charge is 2.52. The van der Waals surface area contributed by atoms with Gasteiger partial charge in [0.15, 0.2) is 11.7 Å². The van der Waals surface area contributed by atoms with Crippen molar-refractivity contribution in [3.8, 4) is 11.5 Å². The van der Waals surface area contributed by atoms with Gasteiger partial charge in [-0.1, -0.05) is 0 Å². The fraction of sp³-hybridized carbons (Fsp3) is 0.545. The average molecular weight is 399 g/mol. The number of nitrogens with zero attached hydrogens (tertiary/aromatic N) is 1. The molecule has 148 valence electrons. The van der Waals surface area contributed by atoms with Crippen molar-refractivity contribution in [1.82, 2.24) is 4.98 Å². The van der Waals surface area contributed by atoms with Crippen LogP contribution in [0.25, 0.3) is 0 Å². The van der Waals surface area contributed by atoms with Crippen molar-refractivity contribution >= 4 is 22.4 Å². The number of aromatic nitrogens is 1. The molecule has 0 unspecified atom stereocenters. The van der Waals surface area contributed by atoms with Crippen molar-refractivity contribution in [3.05, 3.63) is 35.3 Å². The number of methoxy groups -OCH3 is 1. The maximum Gasteiger partial charge on any atom is 0.264 e. The van der Waals surface area contributed by atoms with E-state index < -0.39 is 0 Å². The average Bonchev–Trinajstić information content (AvgIpc) is 3.15. The highest BCUT2D eigenvalue weighted by molar-refractivity contribution is 7.13.